The highest BCUT2D eigenvalue weighted by atomic mass is 16.5. The lowest BCUT2D eigenvalue weighted by Crippen LogP contribution is -2.41. The van der Waals surface area contributed by atoms with Crippen LogP contribution in [0.1, 0.15) is 19.3 Å². The molecule has 56 valence electrons. The molecule has 2 rings (SSSR count). The second-order valence-corrected chi connectivity index (χ2v) is 3.13. The highest BCUT2D eigenvalue weighted by Crippen LogP contribution is 2.31. The molecule has 1 N–H and O–H groups in total. The van der Waals surface area contributed by atoms with E-state index < -0.39 is 0 Å². The Kier molecular flexibility index (Phi) is 1.42. The lowest BCUT2D eigenvalue weighted by molar-refractivity contribution is 0.0158. The number of piperidine rings is 1. The van der Waals surface area contributed by atoms with Crippen LogP contribution >= 0.6 is 0 Å². The fraction of sp³-hybridized carbons (Fsp3) is 0.750. The maximum Gasteiger partial charge on any atom is 0.114 e. The van der Waals surface area contributed by atoms with Crippen LogP contribution in [0.2, 0.25) is 0 Å². The van der Waals surface area contributed by atoms with E-state index in [-0.39, 0.29) is 5.60 Å². The van der Waals surface area contributed by atoms with Gasteiger partial charge in [0.15, 0.2) is 0 Å². The molecule has 10 heavy (non-hydrogen) atoms. The van der Waals surface area contributed by atoms with Crippen LogP contribution in [0.4, 0.5) is 0 Å². The molecule has 1 saturated heterocycles. The predicted molar refractivity (Wildman–Crippen MR) is 39.7 cm³/mol. The Hall–Kier alpha value is -0.500. The largest absolute Gasteiger partial charge is 0.495 e. The maximum absolute atomic E-state index is 5.56. The van der Waals surface area contributed by atoms with Gasteiger partial charge in [-0.05, 0) is 32.0 Å². The number of nitrogens with one attached hydrogen (secondary N) is 1. The van der Waals surface area contributed by atoms with Crippen molar-refractivity contribution in [2.75, 3.05) is 13.1 Å². The van der Waals surface area contributed by atoms with E-state index in [2.05, 4.69) is 11.4 Å². The molecular weight excluding hydrogens is 126 g/mol. The number of hydrogen-bond acceptors (Lipinski definition) is 2. The fourth-order valence-electron chi connectivity index (χ4n) is 1.71. The number of hydrogen-bond donors (Lipinski definition) is 1. The minimum absolute atomic E-state index is 0.200. The number of ether oxygens (including phenoxy) is 1. The normalized spacial score (nSPS) is 28.8. The zero-order chi connectivity index (χ0) is 6.86. The van der Waals surface area contributed by atoms with Crippen LogP contribution in [-0.4, -0.2) is 18.7 Å². The fourth-order valence-corrected chi connectivity index (χ4v) is 1.71. The first-order valence-electron chi connectivity index (χ1n) is 3.95. The second-order valence-electron chi connectivity index (χ2n) is 3.13. The van der Waals surface area contributed by atoms with Crippen molar-refractivity contribution >= 4 is 0 Å². The molecule has 0 bridgehead atoms. The van der Waals surface area contributed by atoms with Crippen molar-refractivity contribution in [3.63, 3.8) is 0 Å². The number of rotatable bonds is 0. The van der Waals surface area contributed by atoms with Gasteiger partial charge in [-0.1, -0.05) is 0 Å². The molecular formula is C8H13NO. The van der Waals surface area contributed by atoms with Crippen LogP contribution in [0.3, 0.4) is 0 Å². The summed E-state index contributed by atoms with van der Waals surface area (Å²) in [6.45, 7) is 2.23. The molecule has 0 aliphatic carbocycles. The zero-order valence-corrected chi connectivity index (χ0v) is 6.10. The summed E-state index contributed by atoms with van der Waals surface area (Å²) in [5, 5.41) is 3.33. The smallest absolute Gasteiger partial charge is 0.114 e. The van der Waals surface area contributed by atoms with Crippen LogP contribution in [-0.2, 0) is 4.74 Å². The van der Waals surface area contributed by atoms with Crippen molar-refractivity contribution in [1.82, 2.24) is 5.32 Å². The van der Waals surface area contributed by atoms with E-state index in [1.54, 1.807) is 0 Å². The second kappa shape index (κ2) is 2.27. The van der Waals surface area contributed by atoms with Gasteiger partial charge >= 0.3 is 0 Å². The van der Waals surface area contributed by atoms with E-state index in [1.807, 2.05) is 6.26 Å². The minimum atomic E-state index is 0.200. The lowest BCUT2D eigenvalue weighted by Gasteiger charge is -2.32. The van der Waals surface area contributed by atoms with E-state index >= 15 is 0 Å². The van der Waals surface area contributed by atoms with E-state index in [0.29, 0.717) is 0 Å². The highest BCUT2D eigenvalue weighted by molar-refractivity contribution is 5.00. The van der Waals surface area contributed by atoms with Gasteiger partial charge in [0.2, 0.25) is 0 Å². The third-order valence-corrected chi connectivity index (χ3v) is 2.42. The molecule has 2 aliphatic heterocycles. The summed E-state index contributed by atoms with van der Waals surface area (Å²) in [5.41, 5.74) is 0.200. The van der Waals surface area contributed by atoms with Crippen LogP contribution in [0.15, 0.2) is 12.3 Å². The molecule has 1 fully saturated rings. The van der Waals surface area contributed by atoms with Crippen molar-refractivity contribution in [3.8, 4) is 0 Å². The molecule has 2 aliphatic rings. The van der Waals surface area contributed by atoms with Crippen LogP contribution < -0.4 is 5.32 Å². The Labute approximate surface area is 61.3 Å². The summed E-state index contributed by atoms with van der Waals surface area (Å²) in [7, 11) is 0. The zero-order valence-electron chi connectivity index (χ0n) is 6.10. The van der Waals surface area contributed by atoms with Gasteiger partial charge in [-0.25, -0.2) is 0 Å². The third-order valence-electron chi connectivity index (χ3n) is 2.42. The Morgan fingerprint density at radius 2 is 2.10 bits per heavy atom. The SMILES string of the molecule is C1=COC2(C1)CCNCC2. The summed E-state index contributed by atoms with van der Waals surface area (Å²) in [6.07, 6.45) is 7.44. The Bertz CT molecular complexity index is 137. The predicted octanol–water partition coefficient (Wildman–Crippen LogP) is 1.04. The average Bonchev–Trinajstić information content (AvgIpc) is 2.39. The molecule has 2 heterocycles. The summed E-state index contributed by atoms with van der Waals surface area (Å²) >= 11 is 0. The molecule has 0 saturated carbocycles. The van der Waals surface area contributed by atoms with Crippen LogP contribution in [0.5, 0.6) is 0 Å². The van der Waals surface area contributed by atoms with Gasteiger partial charge in [0.05, 0.1) is 6.26 Å². The minimum Gasteiger partial charge on any atom is -0.495 e. The Morgan fingerprint density at radius 3 is 2.70 bits per heavy atom. The molecule has 0 aromatic heterocycles. The van der Waals surface area contributed by atoms with E-state index in [0.717, 1.165) is 19.5 Å². The summed E-state index contributed by atoms with van der Waals surface area (Å²) in [6, 6.07) is 0. The van der Waals surface area contributed by atoms with Crippen molar-refractivity contribution < 1.29 is 4.74 Å². The molecule has 0 radical (unpaired) electrons. The van der Waals surface area contributed by atoms with E-state index in [1.165, 1.54) is 12.8 Å². The lowest BCUT2D eigenvalue weighted by atomic mass is 9.90. The van der Waals surface area contributed by atoms with Crippen molar-refractivity contribution in [2.45, 2.75) is 24.9 Å². The van der Waals surface area contributed by atoms with Gasteiger partial charge in [0.25, 0.3) is 0 Å². The van der Waals surface area contributed by atoms with E-state index in [4.69, 9.17) is 4.74 Å². The Morgan fingerprint density at radius 1 is 1.30 bits per heavy atom. The molecule has 0 atom stereocenters. The first-order valence-corrected chi connectivity index (χ1v) is 3.95. The third kappa shape index (κ3) is 0.926. The monoisotopic (exact) mass is 139 g/mol. The standard InChI is InChI=1S/C8H13NO/c1-2-8(10-7-1)3-5-9-6-4-8/h1,7,9H,2-6H2. The van der Waals surface area contributed by atoms with Crippen molar-refractivity contribution in [2.24, 2.45) is 0 Å². The maximum atomic E-state index is 5.56. The molecule has 0 aromatic carbocycles. The van der Waals surface area contributed by atoms with Crippen LogP contribution in [0.25, 0.3) is 0 Å². The summed E-state index contributed by atoms with van der Waals surface area (Å²) in [4.78, 5) is 0. The topological polar surface area (TPSA) is 21.3 Å². The van der Waals surface area contributed by atoms with Gasteiger partial charge in [0.1, 0.15) is 5.60 Å². The molecule has 2 heteroatoms. The molecule has 0 unspecified atom stereocenters. The summed E-state index contributed by atoms with van der Waals surface area (Å²) < 4.78 is 5.56. The van der Waals surface area contributed by atoms with E-state index in [9.17, 15) is 0 Å². The Balaban J connectivity index is 2.00. The average molecular weight is 139 g/mol. The van der Waals surface area contributed by atoms with Gasteiger partial charge in [-0.2, -0.15) is 0 Å². The van der Waals surface area contributed by atoms with Crippen LogP contribution in [0, 0.1) is 0 Å². The first-order chi connectivity index (χ1) is 4.91. The van der Waals surface area contributed by atoms with Gasteiger partial charge in [-0.15, -0.1) is 0 Å². The molecule has 1 spiro atoms. The highest BCUT2D eigenvalue weighted by Gasteiger charge is 2.34. The quantitative estimate of drug-likeness (QED) is 0.541. The van der Waals surface area contributed by atoms with Crippen molar-refractivity contribution in [1.29, 1.82) is 0 Å². The summed E-state index contributed by atoms with van der Waals surface area (Å²) in [5.74, 6) is 0. The van der Waals surface area contributed by atoms with Gasteiger partial charge in [0, 0.05) is 6.42 Å². The molecule has 0 aromatic rings. The first kappa shape index (κ1) is 6.23. The molecule has 0 amide bonds. The van der Waals surface area contributed by atoms with Crippen molar-refractivity contribution in [3.05, 3.63) is 12.3 Å². The van der Waals surface area contributed by atoms with Gasteiger partial charge < -0.3 is 10.1 Å². The molecule has 2 nitrogen and oxygen atoms in total. The van der Waals surface area contributed by atoms with Gasteiger partial charge in [-0.3, -0.25) is 0 Å².